The number of anilines is 1. The minimum Gasteiger partial charge on any atom is -0.466 e. The third kappa shape index (κ3) is 8.22. The molecule has 11 heteroatoms. The van der Waals surface area contributed by atoms with Gasteiger partial charge >= 0.3 is 18.7 Å². The number of para-hydroxylation sites is 1. The van der Waals surface area contributed by atoms with Gasteiger partial charge < -0.3 is 19.5 Å². The number of rotatable bonds is 12. The lowest BCUT2D eigenvalue weighted by Crippen LogP contribution is -2.36. The molecule has 234 valence electrons. The molecular formula is C33H30F7NO3. The van der Waals surface area contributed by atoms with Crippen LogP contribution in [0.3, 0.4) is 0 Å². The molecule has 0 fully saturated rings. The molecule has 0 saturated carbocycles. The minimum atomic E-state index is -4.75. The van der Waals surface area contributed by atoms with Crippen LogP contribution < -0.4 is 14.4 Å². The van der Waals surface area contributed by atoms with Gasteiger partial charge in [-0.2, -0.15) is 30.7 Å². The molecule has 4 nitrogen and oxygen atoms in total. The van der Waals surface area contributed by atoms with Crippen molar-refractivity contribution in [3.8, 4) is 11.5 Å². The summed E-state index contributed by atoms with van der Waals surface area (Å²) in [6.07, 6.45) is -15.9. The van der Waals surface area contributed by atoms with Gasteiger partial charge in [0.1, 0.15) is 11.5 Å². The maximum atomic E-state index is 13.8. The lowest BCUT2D eigenvalue weighted by molar-refractivity contribution is -0.253. The first-order valence-electron chi connectivity index (χ1n) is 13.6. The molecule has 0 spiro atoms. The van der Waals surface area contributed by atoms with E-state index in [-0.39, 0.29) is 23.6 Å². The third-order valence-corrected chi connectivity index (χ3v) is 6.79. The largest absolute Gasteiger partial charge is 0.466 e. The Balaban J connectivity index is 1.78. The Bertz CT molecular complexity index is 1500. The number of aliphatic hydroxyl groups is 1. The SMILES string of the molecule is CC(C)c1cccc(OC(c2cccc(OC(F)(F)C(F)F)c2)N(CC(O)c2ccc(C(F)(F)F)cc2)c2ccccc2)c1. The normalized spacial score (nSPS) is 13.5. The molecule has 0 heterocycles. The van der Waals surface area contributed by atoms with Crippen LogP contribution in [0.4, 0.5) is 36.4 Å². The van der Waals surface area contributed by atoms with Crippen LogP contribution in [0.25, 0.3) is 0 Å². The molecular weight excluding hydrogens is 591 g/mol. The van der Waals surface area contributed by atoms with Crippen molar-refractivity contribution in [2.75, 3.05) is 11.4 Å². The monoisotopic (exact) mass is 621 g/mol. The van der Waals surface area contributed by atoms with E-state index in [1.165, 1.54) is 24.3 Å². The summed E-state index contributed by atoms with van der Waals surface area (Å²) in [5.41, 5.74) is 0.967. The number of alkyl halides is 7. The fourth-order valence-corrected chi connectivity index (χ4v) is 4.46. The van der Waals surface area contributed by atoms with Crippen molar-refractivity contribution in [1.82, 2.24) is 0 Å². The number of halogens is 7. The van der Waals surface area contributed by atoms with Gasteiger partial charge in [-0.25, -0.2) is 0 Å². The summed E-state index contributed by atoms with van der Waals surface area (Å²) in [5.74, 6) is -0.0268. The number of aliphatic hydroxyl groups excluding tert-OH is 1. The molecule has 44 heavy (non-hydrogen) atoms. The fraction of sp³-hybridized carbons (Fsp3) is 0.273. The Morgan fingerprint density at radius 3 is 1.89 bits per heavy atom. The van der Waals surface area contributed by atoms with Crippen LogP contribution >= 0.6 is 0 Å². The highest BCUT2D eigenvalue weighted by Gasteiger charge is 2.44. The third-order valence-electron chi connectivity index (χ3n) is 6.79. The second-order valence-corrected chi connectivity index (χ2v) is 10.4. The Morgan fingerprint density at radius 1 is 0.705 bits per heavy atom. The highest BCUT2D eigenvalue weighted by molar-refractivity contribution is 5.50. The lowest BCUT2D eigenvalue weighted by atomic mass is 10.0. The number of benzene rings is 4. The van der Waals surface area contributed by atoms with E-state index in [0.717, 1.165) is 29.8 Å². The molecule has 0 aliphatic carbocycles. The molecule has 0 bridgehead atoms. The highest BCUT2D eigenvalue weighted by atomic mass is 19.4. The Kier molecular flexibility index (Phi) is 10.1. The molecule has 4 rings (SSSR count). The summed E-state index contributed by atoms with van der Waals surface area (Å²) in [6.45, 7) is 3.75. The van der Waals surface area contributed by atoms with Crippen molar-refractivity contribution < 1.29 is 45.3 Å². The second kappa shape index (κ2) is 13.6. The number of ether oxygens (including phenoxy) is 2. The molecule has 4 aromatic carbocycles. The molecule has 0 aliphatic rings. The molecule has 0 aromatic heterocycles. The zero-order valence-electron chi connectivity index (χ0n) is 23.7. The molecule has 4 aromatic rings. The number of hydrogen-bond donors (Lipinski definition) is 1. The predicted molar refractivity (Wildman–Crippen MR) is 152 cm³/mol. The van der Waals surface area contributed by atoms with Gasteiger partial charge in [0.25, 0.3) is 0 Å². The van der Waals surface area contributed by atoms with Crippen molar-refractivity contribution in [1.29, 1.82) is 0 Å². The summed E-state index contributed by atoms with van der Waals surface area (Å²) in [7, 11) is 0. The van der Waals surface area contributed by atoms with Gasteiger partial charge in [0.2, 0.25) is 0 Å². The van der Waals surface area contributed by atoms with Crippen LogP contribution in [0.5, 0.6) is 11.5 Å². The summed E-state index contributed by atoms with van der Waals surface area (Å²) < 4.78 is 104. The van der Waals surface area contributed by atoms with Gasteiger partial charge in [-0.3, -0.25) is 0 Å². The molecule has 0 aliphatic heterocycles. The summed E-state index contributed by atoms with van der Waals surface area (Å²) in [6, 6.07) is 24.9. The zero-order valence-corrected chi connectivity index (χ0v) is 23.7. The van der Waals surface area contributed by atoms with E-state index in [4.69, 9.17) is 4.74 Å². The topological polar surface area (TPSA) is 41.9 Å². The van der Waals surface area contributed by atoms with Gasteiger partial charge in [0.15, 0.2) is 6.23 Å². The van der Waals surface area contributed by atoms with E-state index in [1.54, 1.807) is 53.4 Å². The average Bonchev–Trinajstić information content (AvgIpc) is 2.99. The van der Waals surface area contributed by atoms with Gasteiger partial charge in [-0.15, -0.1) is 0 Å². The maximum absolute atomic E-state index is 13.8. The molecule has 1 N–H and O–H groups in total. The van der Waals surface area contributed by atoms with Crippen LogP contribution in [0.15, 0.2) is 103 Å². The highest BCUT2D eigenvalue weighted by Crippen LogP contribution is 2.36. The summed E-state index contributed by atoms with van der Waals surface area (Å²) in [4.78, 5) is 1.59. The average molecular weight is 622 g/mol. The number of hydrogen-bond acceptors (Lipinski definition) is 4. The van der Waals surface area contributed by atoms with Gasteiger partial charge in [-0.05, 0) is 65.6 Å². The quantitative estimate of drug-likeness (QED) is 0.126. The fourth-order valence-electron chi connectivity index (χ4n) is 4.46. The smallest absolute Gasteiger partial charge is 0.461 e. The van der Waals surface area contributed by atoms with E-state index in [2.05, 4.69) is 4.74 Å². The molecule has 2 atom stereocenters. The maximum Gasteiger partial charge on any atom is 0.461 e. The van der Waals surface area contributed by atoms with Crippen LogP contribution in [-0.2, 0) is 6.18 Å². The van der Waals surface area contributed by atoms with Gasteiger partial charge in [-0.1, -0.05) is 68.4 Å². The number of nitrogens with zero attached hydrogens (tertiary/aromatic N) is 1. The summed E-state index contributed by atoms with van der Waals surface area (Å²) in [5, 5.41) is 11.2. The molecule has 0 radical (unpaired) electrons. The van der Waals surface area contributed by atoms with E-state index in [1.807, 2.05) is 19.9 Å². The zero-order chi connectivity index (χ0) is 32.1. The van der Waals surface area contributed by atoms with Crippen LogP contribution in [-0.4, -0.2) is 24.2 Å². The molecule has 2 unspecified atom stereocenters. The first-order valence-corrected chi connectivity index (χ1v) is 13.6. The van der Waals surface area contributed by atoms with Crippen LogP contribution in [0.1, 0.15) is 54.4 Å². The van der Waals surface area contributed by atoms with E-state index in [0.29, 0.717) is 11.4 Å². The van der Waals surface area contributed by atoms with Gasteiger partial charge in [0.05, 0.1) is 18.2 Å². The minimum absolute atomic E-state index is 0.136. The predicted octanol–water partition coefficient (Wildman–Crippen LogP) is 9.38. The Labute approximate surface area is 250 Å². The lowest BCUT2D eigenvalue weighted by Gasteiger charge is -2.36. The van der Waals surface area contributed by atoms with Crippen molar-refractivity contribution in [2.45, 2.75) is 50.8 Å². The van der Waals surface area contributed by atoms with Crippen LogP contribution in [0, 0.1) is 0 Å². The van der Waals surface area contributed by atoms with Crippen molar-refractivity contribution in [3.05, 3.63) is 125 Å². The van der Waals surface area contributed by atoms with Crippen molar-refractivity contribution in [2.24, 2.45) is 0 Å². The van der Waals surface area contributed by atoms with E-state index >= 15 is 0 Å². The van der Waals surface area contributed by atoms with Crippen molar-refractivity contribution in [3.63, 3.8) is 0 Å². The van der Waals surface area contributed by atoms with E-state index < -0.39 is 42.4 Å². The first-order chi connectivity index (χ1) is 20.7. The molecule has 0 amide bonds. The standard InChI is InChI=1S/C33H30F7NO3/c1-21(2)23-8-6-12-27(18-23)43-30(24-9-7-13-28(19-24)44-33(39,40)31(34)35)41(26-10-4-3-5-11-26)20-29(42)22-14-16-25(17-15-22)32(36,37)38/h3-19,21,29-31,42H,20H2,1-2H3. The second-order valence-electron chi connectivity index (χ2n) is 10.4. The first kappa shape index (κ1) is 32.7. The van der Waals surface area contributed by atoms with Gasteiger partial charge in [0, 0.05) is 11.3 Å². The molecule has 0 saturated heterocycles. The van der Waals surface area contributed by atoms with E-state index in [9.17, 15) is 35.8 Å². The van der Waals surface area contributed by atoms with Crippen molar-refractivity contribution >= 4 is 5.69 Å². The summed E-state index contributed by atoms with van der Waals surface area (Å²) >= 11 is 0. The Morgan fingerprint density at radius 2 is 1.30 bits per heavy atom. The van der Waals surface area contributed by atoms with Crippen LogP contribution in [0.2, 0.25) is 0 Å². The Hall–Kier alpha value is -4.25.